The molecule has 2 amide bonds. The number of carbonyl (C=O) groups excluding carboxylic acids is 2. The Balaban J connectivity index is 1.52. The first kappa shape index (κ1) is 16.0. The second-order valence-corrected chi connectivity index (χ2v) is 6.20. The molecule has 7 heteroatoms. The minimum atomic E-state index is -0.709. The van der Waals surface area contributed by atoms with Gasteiger partial charge in [-0.15, -0.1) is 5.10 Å². The van der Waals surface area contributed by atoms with Crippen molar-refractivity contribution in [2.24, 2.45) is 0 Å². The first-order chi connectivity index (χ1) is 12.6. The third kappa shape index (κ3) is 3.06. The molecule has 0 bridgehead atoms. The minimum Gasteiger partial charge on any atom is -0.326 e. The molecule has 7 nitrogen and oxygen atoms in total. The van der Waals surface area contributed by atoms with Crippen LogP contribution in [0.1, 0.15) is 18.0 Å². The largest absolute Gasteiger partial charge is 0.326 e. The molecule has 0 aliphatic carbocycles. The van der Waals surface area contributed by atoms with E-state index >= 15 is 0 Å². The molecule has 4 rings (SSSR count). The van der Waals surface area contributed by atoms with Gasteiger partial charge in [0.2, 0.25) is 11.9 Å². The van der Waals surface area contributed by atoms with Crippen molar-refractivity contribution in [1.82, 2.24) is 14.8 Å². The Labute approximate surface area is 150 Å². The van der Waals surface area contributed by atoms with Gasteiger partial charge < -0.3 is 5.32 Å². The Morgan fingerprint density at radius 2 is 2.00 bits per heavy atom. The summed E-state index contributed by atoms with van der Waals surface area (Å²) in [4.78, 5) is 28.9. The molecule has 0 spiro atoms. The van der Waals surface area contributed by atoms with Gasteiger partial charge in [-0.05, 0) is 24.6 Å². The fraction of sp³-hybridized carbons (Fsp3) is 0.158. The molecule has 1 aromatic heterocycles. The van der Waals surface area contributed by atoms with Crippen LogP contribution in [0.15, 0.2) is 54.6 Å². The van der Waals surface area contributed by atoms with E-state index in [0.29, 0.717) is 17.5 Å². The summed E-state index contributed by atoms with van der Waals surface area (Å²) in [5.74, 6) is 0.353. The van der Waals surface area contributed by atoms with Crippen molar-refractivity contribution in [3.63, 3.8) is 0 Å². The smallest absolute Gasteiger partial charge is 0.252 e. The number of fused-ring (bicyclic) bond motifs is 1. The zero-order valence-electron chi connectivity index (χ0n) is 14.1. The van der Waals surface area contributed by atoms with Gasteiger partial charge in [-0.3, -0.25) is 14.9 Å². The first-order valence-corrected chi connectivity index (χ1v) is 8.29. The van der Waals surface area contributed by atoms with E-state index in [1.807, 2.05) is 61.5 Å². The molecule has 0 unspecified atom stereocenters. The molecule has 130 valence electrons. The molecule has 1 aliphatic heterocycles. The number of hydrogen-bond acceptors (Lipinski definition) is 4. The number of aromatic nitrogens is 3. The average Bonchev–Trinajstić information content (AvgIpc) is 3.15. The monoisotopic (exact) mass is 347 g/mol. The van der Waals surface area contributed by atoms with Crippen molar-refractivity contribution in [2.45, 2.75) is 19.4 Å². The summed E-state index contributed by atoms with van der Waals surface area (Å²) in [6.07, 6.45) is -0.00956. The Morgan fingerprint density at radius 1 is 1.19 bits per heavy atom. The second-order valence-electron chi connectivity index (χ2n) is 6.20. The molecule has 1 atom stereocenters. The van der Waals surface area contributed by atoms with E-state index in [1.165, 1.54) is 4.68 Å². The third-order valence-electron chi connectivity index (χ3n) is 4.18. The van der Waals surface area contributed by atoms with Crippen LogP contribution in [0, 0.1) is 6.92 Å². The van der Waals surface area contributed by atoms with Gasteiger partial charge in [-0.2, -0.15) is 4.98 Å². The Bertz CT molecular complexity index is 981. The normalized spacial score (nSPS) is 15.4. The van der Waals surface area contributed by atoms with Gasteiger partial charge in [0.15, 0.2) is 5.82 Å². The van der Waals surface area contributed by atoms with Gasteiger partial charge in [0.25, 0.3) is 5.91 Å². The lowest BCUT2D eigenvalue weighted by molar-refractivity contribution is -0.123. The van der Waals surface area contributed by atoms with E-state index in [4.69, 9.17) is 0 Å². The standard InChI is InChI=1S/C19H17N5O2/c1-12-6-5-9-14(10-12)20-16(25)11-15-18(26)22-19-21-17(23-24(15)19)13-7-3-2-4-8-13/h2-10,15H,11H2,1H3,(H,20,25)(H,21,22,23,26)/t15-/m0/s1. The number of hydrogen-bond donors (Lipinski definition) is 2. The van der Waals surface area contributed by atoms with Crippen molar-refractivity contribution in [1.29, 1.82) is 0 Å². The van der Waals surface area contributed by atoms with Crippen LogP contribution in [0.3, 0.4) is 0 Å². The minimum absolute atomic E-state index is 0.00956. The highest BCUT2D eigenvalue weighted by Gasteiger charge is 2.35. The molecule has 2 aromatic carbocycles. The van der Waals surface area contributed by atoms with Crippen LogP contribution >= 0.6 is 0 Å². The van der Waals surface area contributed by atoms with Crippen LogP contribution in [0.4, 0.5) is 11.6 Å². The zero-order valence-corrected chi connectivity index (χ0v) is 14.1. The van der Waals surface area contributed by atoms with Crippen molar-refractivity contribution < 1.29 is 9.59 Å². The van der Waals surface area contributed by atoms with Crippen LogP contribution in [0.5, 0.6) is 0 Å². The molecule has 2 N–H and O–H groups in total. The number of aryl methyl sites for hydroxylation is 1. The zero-order chi connectivity index (χ0) is 18.1. The lowest BCUT2D eigenvalue weighted by Crippen LogP contribution is -2.23. The summed E-state index contributed by atoms with van der Waals surface area (Å²) in [7, 11) is 0. The number of anilines is 2. The lowest BCUT2D eigenvalue weighted by atomic mass is 10.2. The molecule has 0 radical (unpaired) electrons. The highest BCUT2D eigenvalue weighted by Crippen LogP contribution is 2.28. The average molecular weight is 347 g/mol. The number of benzene rings is 2. The van der Waals surface area contributed by atoms with Gasteiger partial charge in [-0.1, -0.05) is 42.5 Å². The van der Waals surface area contributed by atoms with Crippen LogP contribution in [-0.4, -0.2) is 26.6 Å². The summed E-state index contributed by atoms with van der Waals surface area (Å²) in [5, 5.41) is 9.91. The van der Waals surface area contributed by atoms with Gasteiger partial charge in [0, 0.05) is 11.3 Å². The summed E-state index contributed by atoms with van der Waals surface area (Å²) < 4.78 is 1.49. The summed E-state index contributed by atoms with van der Waals surface area (Å²) in [6.45, 7) is 1.95. The van der Waals surface area contributed by atoms with Crippen LogP contribution in [0.25, 0.3) is 11.4 Å². The molecule has 3 aromatic rings. The van der Waals surface area contributed by atoms with E-state index in [0.717, 1.165) is 11.1 Å². The maximum Gasteiger partial charge on any atom is 0.252 e. The van der Waals surface area contributed by atoms with Gasteiger partial charge >= 0.3 is 0 Å². The predicted octanol–water partition coefficient (Wildman–Crippen LogP) is 2.78. The highest BCUT2D eigenvalue weighted by atomic mass is 16.2. The van der Waals surface area contributed by atoms with E-state index in [-0.39, 0.29) is 18.2 Å². The molecule has 1 aliphatic rings. The number of carbonyl (C=O) groups is 2. The van der Waals surface area contributed by atoms with E-state index in [1.54, 1.807) is 0 Å². The maximum atomic E-state index is 12.4. The first-order valence-electron chi connectivity index (χ1n) is 8.29. The van der Waals surface area contributed by atoms with Crippen molar-refractivity contribution in [2.75, 3.05) is 10.6 Å². The molecule has 0 fully saturated rings. The Kier molecular flexibility index (Phi) is 3.96. The van der Waals surface area contributed by atoms with E-state index < -0.39 is 6.04 Å². The Morgan fingerprint density at radius 3 is 2.77 bits per heavy atom. The summed E-state index contributed by atoms with van der Waals surface area (Å²) >= 11 is 0. The predicted molar refractivity (Wildman–Crippen MR) is 97.6 cm³/mol. The van der Waals surface area contributed by atoms with Crippen LogP contribution < -0.4 is 10.6 Å². The van der Waals surface area contributed by atoms with Crippen molar-refractivity contribution >= 4 is 23.5 Å². The molecule has 26 heavy (non-hydrogen) atoms. The lowest BCUT2D eigenvalue weighted by Gasteiger charge is -2.10. The van der Waals surface area contributed by atoms with Crippen molar-refractivity contribution in [3.05, 3.63) is 60.2 Å². The summed E-state index contributed by atoms with van der Waals surface area (Å²) in [5.41, 5.74) is 2.61. The fourth-order valence-electron chi connectivity index (χ4n) is 2.93. The molecular weight excluding hydrogens is 330 g/mol. The molecule has 2 heterocycles. The quantitative estimate of drug-likeness (QED) is 0.759. The van der Waals surface area contributed by atoms with Gasteiger partial charge in [-0.25, -0.2) is 4.68 Å². The second kappa shape index (κ2) is 6.44. The topological polar surface area (TPSA) is 88.9 Å². The van der Waals surface area contributed by atoms with Gasteiger partial charge in [0.05, 0.1) is 6.42 Å². The molecule has 0 saturated heterocycles. The van der Waals surface area contributed by atoms with E-state index in [2.05, 4.69) is 20.7 Å². The van der Waals surface area contributed by atoms with Gasteiger partial charge in [0.1, 0.15) is 6.04 Å². The number of nitrogens with one attached hydrogen (secondary N) is 2. The maximum absolute atomic E-state index is 12.4. The fourth-order valence-corrected chi connectivity index (χ4v) is 2.93. The number of rotatable bonds is 4. The number of nitrogens with zero attached hydrogens (tertiary/aromatic N) is 3. The van der Waals surface area contributed by atoms with Crippen LogP contribution in [-0.2, 0) is 9.59 Å². The Hall–Kier alpha value is -3.48. The van der Waals surface area contributed by atoms with Crippen molar-refractivity contribution in [3.8, 4) is 11.4 Å². The van der Waals surface area contributed by atoms with Crippen LogP contribution in [0.2, 0.25) is 0 Å². The third-order valence-corrected chi connectivity index (χ3v) is 4.18. The summed E-state index contributed by atoms with van der Waals surface area (Å²) in [6, 6.07) is 16.3. The molecule has 0 saturated carbocycles. The SMILES string of the molecule is Cc1cccc(NC(=O)C[C@H]2C(=O)Nc3nc(-c4ccccc4)nn32)c1. The molecular formula is C19H17N5O2. The highest BCUT2D eigenvalue weighted by molar-refractivity contribution is 6.01. The number of amides is 2. The van der Waals surface area contributed by atoms with E-state index in [9.17, 15) is 9.59 Å².